The quantitative estimate of drug-likeness (QED) is 0.867. The van der Waals surface area contributed by atoms with Crippen molar-refractivity contribution in [1.82, 2.24) is 5.32 Å². The Kier molecular flexibility index (Phi) is 3.63. The number of carbonyl (C=O) groups is 1. The minimum atomic E-state index is -0.186. The number of phenolic OH excluding ortho intramolecular Hbond substituents is 1. The van der Waals surface area contributed by atoms with Crippen molar-refractivity contribution in [2.75, 3.05) is 0 Å². The van der Waals surface area contributed by atoms with Crippen molar-refractivity contribution in [3.05, 3.63) is 65.2 Å². The largest absolute Gasteiger partial charge is 0.508 e. The highest BCUT2D eigenvalue weighted by atomic mass is 16.3. The van der Waals surface area contributed by atoms with Crippen molar-refractivity contribution in [3.8, 4) is 5.75 Å². The third-order valence-corrected chi connectivity index (χ3v) is 2.77. The first kappa shape index (κ1) is 12.2. The number of phenols is 1. The number of hydrogen-bond acceptors (Lipinski definition) is 2. The van der Waals surface area contributed by atoms with E-state index in [0.717, 1.165) is 11.1 Å². The van der Waals surface area contributed by atoms with Gasteiger partial charge in [0.25, 0.3) is 5.91 Å². The number of rotatable bonds is 3. The van der Waals surface area contributed by atoms with Gasteiger partial charge in [-0.15, -0.1) is 0 Å². The van der Waals surface area contributed by atoms with Crippen molar-refractivity contribution in [3.63, 3.8) is 0 Å². The van der Waals surface area contributed by atoms with E-state index in [4.69, 9.17) is 0 Å². The minimum absolute atomic E-state index is 0.141. The van der Waals surface area contributed by atoms with Crippen LogP contribution in [-0.2, 0) is 6.54 Å². The highest BCUT2D eigenvalue weighted by Crippen LogP contribution is 2.17. The Bertz CT molecular complexity index is 550. The van der Waals surface area contributed by atoms with Gasteiger partial charge in [-0.1, -0.05) is 36.4 Å². The molecular formula is C15H15NO2. The predicted molar refractivity (Wildman–Crippen MR) is 70.5 cm³/mol. The van der Waals surface area contributed by atoms with Crippen LogP contribution in [0, 0.1) is 6.92 Å². The number of nitrogens with one attached hydrogen (secondary N) is 1. The zero-order valence-electron chi connectivity index (χ0n) is 10.2. The van der Waals surface area contributed by atoms with Gasteiger partial charge in [0.1, 0.15) is 5.75 Å². The van der Waals surface area contributed by atoms with Gasteiger partial charge in [-0.2, -0.15) is 0 Å². The van der Waals surface area contributed by atoms with E-state index < -0.39 is 0 Å². The zero-order valence-corrected chi connectivity index (χ0v) is 10.2. The molecule has 0 aromatic heterocycles. The fourth-order valence-electron chi connectivity index (χ4n) is 1.63. The van der Waals surface area contributed by atoms with Crippen molar-refractivity contribution in [2.24, 2.45) is 0 Å². The Hall–Kier alpha value is -2.29. The Balaban J connectivity index is 2.02. The molecule has 0 saturated carbocycles. The molecule has 0 unspecified atom stereocenters. The molecule has 2 rings (SSSR count). The van der Waals surface area contributed by atoms with Gasteiger partial charge in [-0.25, -0.2) is 0 Å². The standard InChI is InChI=1S/C15H15NO2/c1-11-7-8-13(9-14(11)17)15(18)16-10-12-5-3-2-4-6-12/h2-9,17H,10H2,1H3,(H,16,18). The second-order valence-electron chi connectivity index (χ2n) is 4.17. The summed E-state index contributed by atoms with van der Waals surface area (Å²) in [6.45, 7) is 2.27. The third-order valence-electron chi connectivity index (χ3n) is 2.77. The van der Waals surface area contributed by atoms with E-state index in [-0.39, 0.29) is 11.7 Å². The van der Waals surface area contributed by atoms with Crippen molar-refractivity contribution >= 4 is 5.91 Å². The van der Waals surface area contributed by atoms with Gasteiger partial charge in [-0.3, -0.25) is 4.79 Å². The highest BCUT2D eigenvalue weighted by molar-refractivity contribution is 5.94. The normalized spacial score (nSPS) is 10.1. The lowest BCUT2D eigenvalue weighted by molar-refractivity contribution is 0.0950. The number of aromatic hydroxyl groups is 1. The zero-order chi connectivity index (χ0) is 13.0. The molecule has 3 heteroatoms. The monoisotopic (exact) mass is 241 g/mol. The smallest absolute Gasteiger partial charge is 0.251 e. The molecule has 0 fully saturated rings. The van der Waals surface area contributed by atoms with Crippen LogP contribution in [-0.4, -0.2) is 11.0 Å². The average molecular weight is 241 g/mol. The molecule has 1 amide bonds. The fraction of sp³-hybridized carbons (Fsp3) is 0.133. The van der Waals surface area contributed by atoms with E-state index >= 15 is 0 Å². The number of hydrogen-bond donors (Lipinski definition) is 2. The van der Waals surface area contributed by atoms with E-state index in [9.17, 15) is 9.90 Å². The summed E-state index contributed by atoms with van der Waals surface area (Å²) in [4.78, 5) is 11.9. The summed E-state index contributed by atoms with van der Waals surface area (Å²) in [6, 6.07) is 14.6. The predicted octanol–water partition coefficient (Wildman–Crippen LogP) is 2.63. The second-order valence-corrected chi connectivity index (χ2v) is 4.17. The third kappa shape index (κ3) is 2.88. The molecule has 18 heavy (non-hydrogen) atoms. The van der Waals surface area contributed by atoms with Crippen molar-refractivity contribution in [2.45, 2.75) is 13.5 Å². The fourth-order valence-corrected chi connectivity index (χ4v) is 1.63. The minimum Gasteiger partial charge on any atom is -0.508 e. The molecule has 0 radical (unpaired) electrons. The second kappa shape index (κ2) is 5.36. The van der Waals surface area contributed by atoms with Crippen LogP contribution in [0.15, 0.2) is 48.5 Å². The van der Waals surface area contributed by atoms with Crippen LogP contribution in [0.3, 0.4) is 0 Å². The van der Waals surface area contributed by atoms with Crippen molar-refractivity contribution in [1.29, 1.82) is 0 Å². The summed E-state index contributed by atoms with van der Waals surface area (Å²) >= 11 is 0. The Morgan fingerprint density at radius 3 is 2.56 bits per heavy atom. The van der Waals surface area contributed by atoms with Gasteiger partial charge in [0, 0.05) is 12.1 Å². The number of aryl methyl sites for hydroxylation is 1. The summed E-state index contributed by atoms with van der Waals surface area (Å²) in [5, 5.41) is 12.4. The highest BCUT2D eigenvalue weighted by Gasteiger charge is 2.07. The first-order valence-electron chi connectivity index (χ1n) is 5.78. The number of benzene rings is 2. The van der Waals surface area contributed by atoms with E-state index in [1.54, 1.807) is 19.1 Å². The van der Waals surface area contributed by atoms with Gasteiger partial charge in [0.2, 0.25) is 0 Å². The summed E-state index contributed by atoms with van der Waals surface area (Å²) in [7, 11) is 0. The molecule has 0 aliphatic rings. The lowest BCUT2D eigenvalue weighted by atomic mass is 10.1. The maximum absolute atomic E-state index is 11.9. The molecule has 0 bridgehead atoms. The molecule has 0 heterocycles. The van der Waals surface area contributed by atoms with Crippen LogP contribution in [0.25, 0.3) is 0 Å². The van der Waals surface area contributed by atoms with Crippen LogP contribution in [0.2, 0.25) is 0 Å². The van der Waals surface area contributed by atoms with Gasteiger partial charge in [-0.05, 0) is 30.2 Å². The SMILES string of the molecule is Cc1ccc(C(=O)NCc2ccccc2)cc1O. The van der Waals surface area contributed by atoms with Gasteiger partial charge >= 0.3 is 0 Å². The Labute approximate surface area is 106 Å². The maximum Gasteiger partial charge on any atom is 0.251 e. The maximum atomic E-state index is 11.9. The molecule has 0 aliphatic carbocycles. The molecule has 0 atom stereocenters. The van der Waals surface area contributed by atoms with Crippen molar-refractivity contribution < 1.29 is 9.90 Å². The molecule has 0 saturated heterocycles. The number of carbonyl (C=O) groups excluding carboxylic acids is 1. The molecule has 0 aliphatic heterocycles. The van der Waals surface area contributed by atoms with Crippen LogP contribution in [0.5, 0.6) is 5.75 Å². The van der Waals surface area contributed by atoms with Crippen LogP contribution < -0.4 is 5.32 Å². The lowest BCUT2D eigenvalue weighted by Crippen LogP contribution is -2.22. The first-order valence-corrected chi connectivity index (χ1v) is 5.78. The molecule has 2 aromatic rings. The molecule has 2 N–H and O–H groups in total. The van der Waals surface area contributed by atoms with Crippen LogP contribution in [0.1, 0.15) is 21.5 Å². The molecular weight excluding hydrogens is 226 g/mol. The topological polar surface area (TPSA) is 49.3 Å². The molecule has 2 aromatic carbocycles. The van der Waals surface area contributed by atoms with Crippen LogP contribution in [0.4, 0.5) is 0 Å². The van der Waals surface area contributed by atoms with Gasteiger partial charge in [0.05, 0.1) is 0 Å². The molecule has 3 nitrogen and oxygen atoms in total. The van der Waals surface area contributed by atoms with E-state index in [0.29, 0.717) is 12.1 Å². The molecule has 0 spiro atoms. The van der Waals surface area contributed by atoms with E-state index in [1.165, 1.54) is 6.07 Å². The summed E-state index contributed by atoms with van der Waals surface area (Å²) in [5.41, 5.74) is 2.27. The summed E-state index contributed by atoms with van der Waals surface area (Å²) < 4.78 is 0. The van der Waals surface area contributed by atoms with Crippen LogP contribution >= 0.6 is 0 Å². The average Bonchev–Trinajstić information content (AvgIpc) is 2.40. The lowest BCUT2D eigenvalue weighted by Gasteiger charge is -2.06. The molecule has 92 valence electrons. The first-order chi connectivity index (χ1) is 8.66. The number of amides is 1. The Morgan fingerprint density at radius 2 is 1.89 bits per heavy atom. The Morgan fingerprint density at radius 1 is 1.17 bits per heavy atom. The summed E-state index contributed by atoms with van der Waals surface area (Å²) in [6.07, 6.45) is 0. The van der Waals surface area contributed by atoms with E-state index in [1.807, 2.05) is 30.3 Å². The summed E-state index contributed by atoms with van der Waals surface area (Å²) in [5.74, 6) is -0.0449. The van der Waals surface area contributed by atoms with E-state index in [2.05, 4.69) is 5.32 Å². The van der Waals surface area contributed by atoms with Gasteiger partial charge in [0.15, 0.2) is 0 Å². The van der Waals surface area contributed by atoms with Gasteiger partial charge < -0.3 is 10.4 Å².